The number of carbonyl (C=O) groups is 1. The lowest BCUT2D eigenvalue weighted by Crippen LogP contribution is -1.95. The predicted octanol–water partition coefficient (Wildman–Crippen LogP) is 3.00. The van der Waals surface area contributed by atoms with Gasteiger partial charge in [0.15, 0.2) is 0 Å². The van der Waals surface area contributed by atoms with Crippen LogP contribution in [0, 0.1) is 19.8 Å². The van der Waals surface area contributed by atoms with Gasteiger partial charge in [0.2, 0.25) is 0 Å². The molecular weight excluding hydrogens is 172 g/mol. The Morgan fingerprint density at radius 1 is 1.21 bits per heavy atom. The van der Waals surface area contributed by atoms with E-state index in [1.165, 1.54) is 16.7 Å². The Kier molecular flexibility index (Phi) is 2.18. The number of Topliss-reactive ketones (excluding diaryl/α,β-unsaturated/α-hetero) is 1. The van der Waals surface area contributed by atoms with Crippen molar-refractivity contribution >= 4 is 5.78 Å². The van der Waals surface area contributed by atoms with E-state index in [0.29, 0.717) is 17.6 Å². The Balaban J connectivity index is 2.23. The molecule has 14 heavy (non-hydrogen) atoms. The van der Waals surface area contributed by atoms with Crippen LogP contribution in [0.2, 0.25) is 0 Å². The topological polar surface area (TPSA) is 17.1 Å². The molecule has 1 aliphatic carbocycles. The summed E-state index contributed by atoms with van der Waals surface area (Å²) in [7, 11) is 0. The van der Waals surface area contributed by atoms with Crippen LogP contribution in [-0.2, 0) is 4.79 Å². The van der Waals surface area contributed by atoms with Gasteiger partial charge < -0.3 is 0 Å². The van der Waals surface area contributed by atoms with Crippen molar-refractivity contribution in [3.8, 4) is 0 Å². The molecular formula is C13H16O. The molecule has 1 heteroatoms. The molecule has 1 saturated carbocycles. The van der Waals surface area contributed by atoms with E-state index in [0.717, 1.165) is 6.42 Å². The number of rotatable bonds is 2. The predicted molar refractivity (Wildman–Crippen MR) is 57.4 cm³/mol. The van der Waals surface area contributed by atoms with E-state index in [4.69, 9.17) is 0 Å². The molecule has 0 unspecified atom stereocenters. The molecule has 0 saturated heterocycles. The van der Waals surface area contributed by atoms with E-state index < -0.39 is 0 Å². The molecule has 1 aromatic rings. The minimum atomic E-state index is 0.302. The summed E-state index contributed by atoms with van der Waals surface area (Å²) >= 11 is 0. The molecule has 0 bridgehead atoms. The molecule has 2 rings (SSSR count). The van der Waals surface area contributed by atoms with Gasteiger partial charge in [-0.3, -0.25) is 4.79 Å². The summed E-state index contributed by atoms with van der Waals surface area (Å²) in [5.74, 6) is 1.15. The number of hydrogen-bond acceptors (Lipinski definition) is 1. The minimum Gasteiger partial charge on any atom is -0.300 e. The Bertz CT molecular complexity index is 359. The molecule has 0 radical (unpaired) electrons. The van der Waals surface area contributed by atoms with Gasteiger partial charge in [-0.25, -0.2) is 0 Å². The molecule has 0 heterocycles. The zero-order chi connectivity index (χ0) is 10.3. The van der Waals surface area contributed by atoms with Crippen LogP contribution in [0.5, 0.6) is 0 Å². The molecule has 0 amide bonds. The zero-order valence-corrected chi connectivity index (χ0v) is 9.00. The van der Waals surface area contributed by atoms with Crippen molar-refractivity contribution in [3.05, 3.63) is 34.9 Å². The van der Waals surface area contributed by atoms with Crippen LogP contribution in [0.1, 0.15) is 36.0 Å². The summed E-state index contributed by atoms with van der Waals surface area (Å²) < 4.78 is 0. The Morgan fingerprint density at radius 2 is 1.79 bits per heavy atom. The molecule has 0 aliphatic heterocycles. The van der Waals surface area contributed by atoms with Crippen molar-refractivity contribution in [2.45, 2.75) is 33.1 Å². The molecule has 1 aliphatic rings. The molecule has 0 aromatic heterocycles. The average Bonchev–Trinajstić information content (AvgIpc) is 2.79. The van der Waals surface area contributed by atoms with Crippen LogP contribution in [0.3, 0.4) is 0 Å². The smallest absolute Gasteiger partial charge is 0.133 e. The quantitative estimate of drug-likeness (QED) is 0.697. The van der Waals surface area contributed by atoms with Gasteiger partial charge in [0.05, 0.1) is 0 Å². The van der Waals surface area contributed by atoms with Crippen molar-refractivity contribution in [1.82, 2.24) is 0 Å². The van der Waals surface area contributed by atoms with Gasteiger partial charge >= 0.3 is 0 Å². The van der Waals surface area contributed by atoms with Crippen molar-refractivity contribution < 1.29 is 4.79 Å². The first-order valence-electron chi connectivity index (χ1n) is 5.16. The Labute approximate surface area is 85.1 Å². The number of hydrogen-bond donors (Lipinski definition) is 0. The summed E-state index contributed by atoms with van der Waals surface area (Å²) in [6.07, 6.45) is 1.05. The number of benzene rings is 1. The molecule has 1 nitrogen and oxygen atoms in total. The minimum absolute atomic E-state index is 0.302. The third kappa shape index (κ3) is 1.72. The fourth-order valence-electron chi connectivity index (χ4n) is 2.24. The first-order valence-corrected chi connectivity index (χ1v) is 5.16. The van der Waals surface area contributed by atoms with E-state index in [1.807, 2.05) is 0 Å². The van der Waals surface area contributed by atoms with Crippen LogP contribution in [-0.4, -0.2) is 5.78 Å². The molecule has 2 atom stereocenters. The fourth-order valence-corrected chi connectivity index (χ4v) is 2.24. The van der Waals surface area contributed by atoms with Crippen molar-refractivity contribution in [3.63, 3.8) is 0 Å². The highest BCUT2D eigenvalue weighted by molar-refractivity contribution is 5.82. The Hall–Kier alpha value is -1.11. The lowest BCUT2D eigenvalue weighted by molar-refractivity contribution is -0.118. The van der Waals surface area contributed by atoms with Gasteiger partial charge in [-0.05, 0) is 38.7 Å². The summed E-state index contributed by atoms with van der Waals surface area (Å²) in [4.78, 5) is 11.2. The van der Waals surface area contributed by atoms with Gasteiger partial charge in [-0.15, -0.1) is 0 Å². The summed E-state index contributed by atoms with van der Waals surface area (Å²) in [5.41, 5.74) is 3.95. The van der Waals surface area contributed by atoms with E-state index in [9.17, 15) is 4.79 Å². The first kappa shape index (κ1) is 9.45. The van der Waals surface area contributed by atoms with Gasteiger partial charge in [-0.1, -0.05) is 29.3 Å². The maximum absolute atomic E-state index is 11.2. The van der Waals surface area contributed by atoms with Crippen LogP contribution in [0.15, 0.2) is 18.2 Å². The van der Waals surface area contributed by atoms with Gasteiger partial charge in [0.1, 0.15) is 5.78 Å². The second-order valence-electron chi connectivity index (χ2n) is 4.48. The van der Waals surface area contributed by atoms with Gasteiger partial charge in [0.25, 0.3) is 0 Å². The highest BCUT2D eigenvalue weighted by atomic mass is 16.1. The monoisotopic (exact) mass is 188 g/mol. The van der Waals surface area contributed by atoms with Crippen LogP contribution < -0.4 is 0 Å². The van der Waals surface area contributed by atoms with Crippen molar-refractivity contribution in [2.24, 2.45) is 5.92 Å². The highest BCUT2D eigenvalue weighted by Gasteiger charge is 2.41. The maximum atomic E-state index is 11.2. The third-order valence-electron chi connectivity index (χ3n) is 2.98. The molecule has 0 N–H and O–H groups in total. The fraction of sp³-hybridized carbons (Fsp3) is 0.462. The van der Waals surface area contributed by atoms with Crippen LogP contribution in [0.4, 0.5) is 0 Å². The summed E-state index contributed by atoms with van der Waals surface area (Å²) in [6, 6.07) is 6.59. The highest BCUT2D eigenvalue weighted by Crippen LogP contribution is 2.48. The SMILES string of the molecule is CC(=O)[C@@H]1C[C@H]1c1cc(C)cc(C)c1. The summed E-state index contributed by atoms with van der Waals surface area (Å²) in [5, 5.41) is 0. The lowest BCUT2D eigenvalue weighted by atomic mass is 10.0. The summed E-state index contributed by atoms with van der Waals surface area (Å²) in [6.45, 7) is 5.93. The third-order valence-corrected chi connectivity index (χ3v) is 2.98. The van der Waals surface area contributed by atoms with Crippen LogP contribution in [0.25, 0.3) is 0 Å². The first-order chi connectivity index (χ1) is 6.58. The number of carbonyl (C=O) groups excluding carboxylic acids is 1. The number of aryl methyl sites for hydroxylation is 2. The van der Waals surface area contributed by atoms with E-state index in [2.05, 4.69) is 32.0 Å². The molecule has 0 spiro atoms. The Morgan fingerprint density at radius 3 is 2.21 bits per heavy atom. The van der Waals surface area contributed by atoms with Gasteiger partial charge in [-0.2, -0.15) is 0 Å². The average molecular weight is 188 g/mol. The second-order valence-corrected chi connectivity index (χ2v) is 4.48. The molecule has 1 aromatic carbocycles. The molecule has 74 valence electrons. The van der Waals surface area contributed by atoms with E-state index in [1.54, 1.807) is 6.92 Å². The largest absolute Gasteiger partial charge is 0.300 e. The van der Waals surface area contributed by atoms with E-state index >= 15 is 0 Å². The number of ketones is 1. The van der Waals surface area contributed by atoms with E-state index in [-0.39, 0.29) is 0 Å². The van der Waals surface area contributed by atoms with Gasteiger partial charge in [0, 0.05) is 5.92 Å². The standard InChI is InChI=1S/C13H16O/c1-8-4-9(2)6-11(5-8)13-7-12(13)10(3)14/h4-6,12-13H,7H2,1-3H3/t12-,13-/m0/s1. The molecule has 1 fully saturated rings. The van der Waals surface area contributed by atoms with Crippen molar-refractivity contribution in [2.75, 3.05) is 0 Å². The van der Waals surface area contributed by atoms with Crippen molar-refractivity contribution in [1.29, 1.82) is 0 Å². The van der Waals surface area contributed by atoms with Crippen LogP contribution >= 0.6 is 0 Å². The normalized spacial score (nSPS) is 24.8. The second kappa shape index (κ2) is 3.23. The lowest BCUT2D eigenvalue weighted by Gasteiger charge is -2.03. The maximum Gasteiger partial charge on any atom is 0.133 e. The zero-order valence-electron chi connectivity index (χ0n) is 9.00.